The summed E-state index contributed by atoms with van der Waals surface area (Å²) in [7, 11) is 0. The van der Waals surface area contributed by atoms with E-state index in [-0.39, 0.29) is 10.6 Å². The lowest BCUT2D eigenvalue weighted by atomic mass is 10.1. The summed E-state index contributed by atoms with van der Waals surface area (Å²) in [5.41, 5.74) is 0.956. The number of aryl methyl sites for hydroxylation is 1. The van der Waals surface area contributed by atoms with E-state index in [2.05, 4.69) is 5.16 Å². The van der Waals surface area contributed by atoms with E-state index in [9.17, 15) is 9.18 Å². The molecule has 0 saturated heterocycles. The number of hydrogen-bond donors (Lipinski definition) is 1. The van der Waals surface area contributed by atoms with Gasteiger partial charge in [0.05, 0.1) is 0 Å². The van der Waals surface area contributed by atoms with Crippen molar-refractivity contribution >= 4 is 22.6 Å². The molecule has 1 heterocycles. The average Bonchev–Trinajstić information content (AvgIpc) is 2.44. The monoisotopic (exact) mass is 211 g/mol. The fourth-order valence-electron chi connectivity index (χ4n) is 1.36. The lowest BCUT2D eigenvalue weighted by Gasteiger charge is -1.99. The number of halogens is 1. The van der Waals surface area contributed by atoms with E-state index in [1.54, 1.807) is 6.92 Å². The van der Waals surface area contributed by atoms with Crippen LogP contribution >= 0.6 is 11.8 Å². The van der Waals surface area contributed by atoms with Crippen LogP contribution in [0.3, 0.4) is 0 Å². The summed E-state index contributed by atoms with van der Waals surface area (Å²) in [4.78, 5) is 12.1. The SMILES string of the molecule is Cc1cc(F)cc2c1S/C(=N/O)C2=O. The number of ketones is 1. The number of carbonyl (C=O) groups is 1. The molecule has 0 spiro atoms. The Hall–Kier alpha value is -1.36. The first kappa shape index (κ1) is 9.21. The van der Waals surface area contributed by atoms with Gasteiger partial charge in [-0.2, -0.15) is 0 Å². The molecule has 0 aliphatic carbocycles. The largest absolute Gasteiger partial charge is 0.410 e. The van der Waals surface area contributed by atoms with Crippen LogP contribution in [0.15, 0.2) is 22.2 Å². The summed E-state index contributed by atoms with van der Waals surface area (Å²) < 4.78 is 13.0. The molecular weight excluding hydrogens is 205 g/mol. The lowest BCUT2D eigenvalue weighted by Crippen LogP contribution is -2.03. The Morgan fingerprint density at radius 1 is 1.50 bits per heavy atom. The van der Waals surface area contributed by atoms with Crippen molar-refractivity contribution in [1.29, 1.82) is 0 Å². The van der Waals surface area contributed by atoms with E-state index in [1.807, 2.05) is 0 Å². The van der Waals surface area contributed by atoms with Crippen molar-refractivity contribution in [2.75, 3.05) is 0 Å². The minimum absolute atomic E-state index is 0.00583. The second kappa shape index (κ2) is 3.09. The fourth-order valence-corrected chi connectivity index (χ4v) is 2.28. The zero-order valence-corrected chi connectivity index (χ0v) is 8.06. The van der Waals surface area contributed by atoms with Crippen LogP contribution in [0.5, 0.6) is 0 Å². The number of hydrogen-bond acceptors (Lipinski definition) is 4. The molecule has 1 aromatic rings. The van der Waals surface area contributed by atoms with Crippen LogP contribution in [0, 0.1) is 12.7 Å². The third-order valence-electron chi connectivity index (χ3n) is 1.97. The normalized spacial score (nSPS) is 17.6. The van der Waals surface area contributed by atoms with Gasteiger partial charge in [-0.15, -0.1) is 0 Å². The Bertz CT molecular complexity index is 456. The number of Topliss-reactive ketones (excluding diaryl/α,β-unsaturated/α-hetero) is 1. The van der Waals surface area contributed by atoms with Gasteiger partial charge in [0.15, 0.2) is 5.04 Å². The Balaban J connectivity index is 2.65. The first-order valence-electron chi connectivity index (χ1n) is 3.88. The molecular formula is C9H6FNO2S. The molecule has 2 rings (SSSR count). The molecule has 0 amide bonds. The van der Waals surface area contributed by atoms with Gasteiger partial charge in [0, 0.05) is 10.5 Å². The van der Waals surface area contributed by atoms with Gasteiger partial charge in [-0.25, -0.2) is 4.39 Å². The van der Waals surface area contributed by atoms with E-state index in [1.165, 1.54) is 6.07 Å². The van der Waals surface area contributed by atoms with Crippen LogP contribution in [0.1, 0.15) is 15.9 Å². The zero-order valence-electron chi connectivity index (χ0n) is 7.24. The van der Waals surface area contributed by atoms with E-state index >= 15 is 0 Å². The van der Waals surface area contributed by atoms with Crippen molar-refractivity contribution in [3.05, 3.63) is 29.1 Å². The Kier molecular flexibility index (Phi) is 2.03. The van der Waals surface area contributed by atoms with Gasteiger partial charge in [0.2, 0.25) is 5.78 Å². The van der Waals surface area contributed by atoms with Crippen molar-refractivity contribution in [2.24, 2.45) is 5.16 Å². The molecule has 0 aromatic heterocycles. The molecule has 1 N–H and O–H groups in total. The summed E-state index contributed by atoms with van der Waals surface area (Å²) in [6.45, 7) is 1.71. The van der Waals surface area contributed by atoms with Crippen molar-refractivity contribution < 1.29 is 14.4 Å². The smallest absolute Gasteiger partial charge is 0.222 e. The van der Waals surface area contributed by atoms with E-state index in [4.69, 9.17) is 5.21 Å². The number of fused-ring (bicyclic) bond motifs is 1. The lowest BCUT2D eigenvalue weighted by molar-refractivity contribution is 0.106. The molecule has 14 heavy (non-hydrogen) atoms. The summed E-state index contributed by atoms with van der Waals surface area (Å²) >= 11 is 1.06. The molecule has 0 bridgehead atoms. The average molecular weight is 211 g/mol. The van der Waals surface area contributed by atoms with Crippen LogP contribution in [0.2, 0.25) is 0 Å². The maximum atomic E-state index is 13.0. The molecule has 1 aliphatic rings. The summed E-state index contributed by atoms with van der Waals surface area (Å²) in [5, 5.41) is 11.4. The van der Waals surface area contributed by atoms with E-state index in [0.717, 1.165) is 17.8 Å². The highest BCUT2D eigenvalue weighted by Crippen LogP contribution is 2.36. The second-order valence-corrected chi connectivity index (χ2v) is 3.93. The number of benzene rings is 1. The zero-order chi connectivity index (χ0) is 10.3. The Labute approximate surface area is 83.6 Å². The highest BCUT2D eigenvalue weighted by Gasteiger charge is 2.30. The molecule has 0 radical (unpaired) electrons. The van der Waals surface area contributed by atoms with Crippen LogP contribution < -0.4 is 0 Å². The molecule has 5 heteroatoms. The summed E-state index contributed by atoms with van der Waals surface area (Å²) in [6, 6.07) is 2.51. The maximum Gasteiger partial charge on any atom is 0.222 e. The minimum Gasteiger partial charge on any atom is -0.410 e. The quantitative estimate of drug-likeness (QED) is 0.528. The van der Waals surface area contributed by atoms with Crippen LogP contribution in [0.4, 0.5) is 4.39 Å². The first-order chi connectivity index (χ1) is 6.63. The number of oxime groups is 1. The van der Waals surface area contributed by atoms with Crippen molar-refractivity contribution in [3.63, 3.8) is 0 Å². The maximum absolute atomic E-state index is 13.0. The predicted octanol–water partition coefficient (Wildman–Crippen LogP) is 2.21. The third-order valence-corrected chi connectivity index (χ3v) is 3.17. The molecule has 1 aromatic carbocycles. The molecule has 3 nitrogen and oxygen atoms in total. The fraction of sp³-hybridized carbons (Fsp3) is 0.111. The molecule has 0 atom stereocenters. The Morgan fingerprint density at radius 3 is 2.86 bits per heavy atom. The second-order valence-electron chi connectivity index (χ2n) is 2.94. The topological polar surface area (TPSA) is 49.7 Å². The van der Waals surface area contributed by atoms with Gasteiger partial charge < -0.3 is 5.21 Å². The highest BCUT2D eigenvalue weighted by molar-refractivity contribution is 8.16. The molecule has 1 aliphatic heterocycles. The van der Waals surface area contributed by atoms with Crippen LogP contribution in [0.25, 0.3) is 0 Å². The minimum atomic E-state index is -0.450. The number of nitrogens with zero attached hydrogens (tertiary/aromatic N) is 1. The van der Waals surface area contributed by atoms with Crippen LogP contribution in [-0.2, 0) is 0 Å². The van der Waals surface area contributed by atoms with Gasteiger partial charge in [0.1, 0.15) is 5.82 Å². The summed E-state index contributed by atoms with van der Waals surface area (Å²) in [5.74, 6) is -0.871. The Morgan fingerprint density at radius 2 is 2.21 bits per heavy atom. The molecule has 0 fully saturated rings. The van der Waals surface area contributed by atoms with Gasteiger partial charge in [-0.05, 0) is 24.6 Å². The van der Waals surface area contributed by atoms with E-state index < -0.39 is 11.6 Å². The molecule has 72 valence electrons. The van der Waals surface area contributed by atoms with E-state index in [0.29, 0.717) is 10.5 Å². The number of thioether (sulfide) groups is 1. The first-order valence-corrected chi connectivity index (χ1v) is 4.70. The van der Waals surface area contributed by atoms with Gasteiger partial charge in [0.25, 0.3) is 0 Å². The van der Waals surface area contributed by atoms with Crippen molar-refractivity contribution in [3.8, 4) is 0 Å². The number of carbonyl (C=O) groups excluding carboxylic acids is 1. The number of rotatable bonds is 0. The summed E-state index contributed by atoms with van der Waals surface area (Å²) in [6.07, 6.45) is 0. The molecule has 0 unspecified atom stereocenters. The molecule has 0 saturated carbocycles. The van der Waals surface area contributed by atoms with Gasteiger partial charge in [-0.1, -0.05) is 16.9 Å². The van der Waals surface area contributed by atoms with Crippen molar-refractivity contribution in [1.82, 2.24) is 0 Å². The predicted molar refractivity (Wildman–Crippen MR) is 50.5 cm³/mol. The van der Waals surface area contributed by atoms with Crippen molar-refractivity contribution in [2.45, 2.75) is 11.8 Å². The third kappa shape index (κ3) is 1.21. The standard InChI is InChI=1S/C9H6FNO2S/c1-4-2-5(10)3-6-7(12)9(11-13)14-8(4)6/h2-3,13H,1H3/b11-9+. The van der Waals surface area contributed by atoms with Gasteiger partial charge >= 0.3 is 0 Å². The van der Waals surface area contributed by atoms with Gasteiger partial charge in [-0.3, -0.25) is 4.79 Å². The van der Waals surface area contributed by atoms with Crippen LogP contribution in [-0.4, -0.2) is 16.0 Å². The highest BCUT2D eigenvalue weighted by atomic mass is 32.2.